The van der Waals surface area contributed by atoms with Crippen LogP contribution in [0.4, 0.5) is 5.69 Å². The minimum Gasteiger partial charge on any atom is -0.454 e. The maximum absolute atomic E-state index is 6.33. The molecule has 1 aliphatic rings. The summed E-state index contributed by atoms with van der Waals surface area (Å²) < 4.78 is 6.33. The van der Waals surface area contributed by atoms with E-state index < -0.39 is 0 Å². The molecule has 0 spiro atoms. The number of fused-ring (bicyclic) bond motifs is 3. The summed E-state index contributed by atoms with van der Waals surface area (Å²) in [5, 5.41) is 2.35. The third kappa shape index (κ3) is 2.81. The first-order valence-electron chi connectivity index (χ1n) is 10.3. The highest BCUT2D eigenvalue weighted by Crippen LogP contribution is 2.44. The highest BCUT2D eigenvalue weighted by Gasteiger charge is 2.42. The molecule has 1 atom stereocenters. The molecule has 0 amide bonds. The van der Waals surface area contributed by atoms with Crippen molar-refractivity contribution in [1.29, 1.82) is 0 Å². The van der Waals surface area contributed by atoms with E-state index in [0.717, 1.165) is 29.7 Å². The summed E-state index contributed by atoms with van der Waals surface area (Å²) in [5.74, 6) is 0. The van der Waals surface area contributed by atoms with Gasteiger partial charge < -0.3 is 14.2 Å². The number of anilines is 1. The molecule has 0 saturated carbocycles. The van der Waals surface area contributed by atoms with E-state index in [1.54, 1.807) is 0 Å². The van der Waals surface area contributed by atoms with Gasteiger partial charge in [-0.2, -0.15) is 0 Å². The van der Waals surface area contributed by atoms with Crippen molar-refractivity contribution in [2.45, 2.75) is 46.7 Å². The van der Waals surface area contributed by atoms with Gasteiger partial charge >= 0.3 is 0 Å². The molecule has 146 valence electrons. The number of hydrogen-bond acceptors (Lipinski definition) is 3. The monoisotopic (exact) mass is 374 g/mol. The summed E-state index contributed by atoms with van der Waals surface area (Å²) >= 11 is 0. The van der Waals surface area contributed by atoms with Crippen molar-refractivity contribution >= 4 is 27.6 Å². The lowest BCUT2D eigenvalue weighted by atomic mass is 9.76. The van der Waals surface area contributed by atoms with Gasteiger partial charge in [0, 0.05) is 35.6 Å². The van der Waals surface area contributed by atoms with Gasteiger partial charge in [-0.1, -0.05) is 55.8 Å². The standard InChI is InChI=1S/C25H30N2O/c1-6-25(7-2,17-18(3)4)24-26(5)15-16-27(24)21-13-10-12-20-19-11-8-9-14-22(19)28-23(20)21/h8-17,24H,6-7H2,1-5H3. The fourth-order valence-corrected chi connectivity index (χ4v) is 4.84. The van der Waals surface area contributed by atoms with E-state index in [4.69, 9.17) is 4.42 Å². The second kappa shape index (κ2) is 7.05. The first-order valence-corrected chi connectivity index (χ1v) is 10.3. The van der Waals surface area contributed by atoms with Crippen LogP contribution in [0.2, 0.25) is 0 Å². The second-order valence-electron chi connectivity index (χ2n) is 8.16. The van der Waals surface area contributed by atoms with Crippen molar-refractivity contribution in [3.63, 3.8) is 0 Å². The molecule has 1 aromatic heterocycles. The average molecular weight is 375 g/mol. The summed E-state index contributed by atoms with van der Waals surface area (Å²) in [6, 6.07) is 14.8. The average Bonchev–Trinajstić information content (AvgIpc) is 3.27. The molecule has 0 aliphatic carbocycles. The van der Waals surface area contributed by atoms with Crippen molar-refractivity contribution in [2.24, 2.45) is 5.41 Å². The molecule has 0 radical (unpaired) electrons. The first-order chi connectivity index (χ1) is 13.5. The zero-order valence-corrected chi connectivity index (χ0v) is 17.6. The third-order valence-corrected chi connectivity index (χ3v) is 6.18. The highest BCUT2D eigenvalue weighted by atomic mass is 16.3. The van der Waals surface area contributed by atoms with Crippen LogP contribution < -0.4 is 4.90 Å². The van der Waals surface area contributed by atoms with Gasteiger partial charge in [0.2, 0.25) is 0 Å². The van der Waals surface area contributed by atoms with Crippen LogP contribution in [-0.4, -0.2) is 18.1 Å². The van der Waals surface area contributed by atoms with Crippen molar-refractivity contribution in [3.8, 4) is 0 Å². The van der Waals surface area contributed by atoms with E-state index in [-0.39, 0.29) is 11.6 Å². The smallest absolute Gasteiger partial charge is 0.159 e. The molecule has 2 heterocycles. The fraction of sp³-hybridized carbons (Fsp3) is 0.360. The Balaban J connectivity index is 1.90. The Morgan fingerprint density at radius 2 is 1.71 bits per heavy atom. The predicted molar refractivity (Wildman–Crippen MR) is 119 cm³/mol. The number of benzene rings is 2. The summed E-state index contributed by atoms with van der Waals surface area (Å²) in [7, 11) is 2.18. The second-order valence-corrected chi connectivity index (χ2v) is 8.16. The molecule has 0 N–H and O–H groups in total. The molecule has 0 saturated heterocycles. The molecule has 4 rings (SSSR count). The lowest BCUT2D eigenvalue weighted by Crippen LogP contribution is -2.49. The van der Waals surface area contributed by atoms with Crippen LogP contribution in [0.25, 0.3) is 21.9 Å². The Bertz CT molecular complexity index is 1050. The van der Waals surface area contributed by atoms with Crippen molar-refractivity contribution in [1.82, 2.24) is 4.90 Å². The summed E-state index contributed by atoms with van der Waals surface area (Å²) in [4.78, 5) is 4.74. The molecule has 3 aromatic rings. The van der Waals surface area contributed by atoms with Crippen LogP contribution in [0.15, 0.2) is 70.9 Å². The summed E-state index contributed by atoms with van der Waals surface area (Å²) in [5.41, 5.74) is 4.47. The van der Waals surface area contributed by atoms with Gasteiger partial charge in [-0.25, -0.2) is 0 Å². The molecule has 0 fully saturated rings. The predicted octanol–water partition coefficient (Wildman–Crippen LogP) is 6.91. The summed E-state index contributed by atoms with van der Waals surface area (Å²) in [6.45, 7) is 9.00. The third-order valence-electron chi connectivity index (χ3n) is 6.18. The van der Waals surface area contributed by atoms with Crippen molar-refractivity contribution in [3.05, 3.63) is 66.5 Å². The maximum Gasteiger partial charge on any atom is 0.159 e. The SMILES string of the molecule is CCC(C=C(C)C)(CC)C1N(C)C=CN1c1cccc2c1oc1ccccc12. The number of rotatable bonds is 5. The first kappa shape index (κ1) is 18.7. The number of hydrogen-bond donors (Lipinski definition) is 0. The molecule has 0 bridgehead atoms. The van der Waals surface area contributed by atoms with Crippen molar-refractivity contribution < 1.29 is 4.42 Å². The Morgan fingerprint density at radius 3 is 2.43 bits per heavy atom. The minimum absolute atomic E-state index is 0.0608. The van der Waals surface area contributed by atoms with Gasteiger partial charge in [0.25, 0.3) is 0 Å². The summed E-state index contributed by atoms with van der Waals surface area (Å²) in [6.07, 6.45) is 9.23. The van der Waals surface area contributed by atoms with Gasteiger partial charge in [-0.3, -0.25) is 0 Å². The minimum atomic E-state index is 0.0608. The topological polar surface area (TPSA) is 19.6 Å². The van der Waals surface area contributed by atoms with E-state index in [9.17, 15) is 0 Å². The van der Waals surface area contributed by atoms with E-state index >= 15 is 0 Å². The lowest BCUT2D eigenvalue weighted by molar-refractivity contribution is 0.168. The number of nitrogens with zero attached hydrogens (tertiary/aromatic N) is 2. The van der Waals surface area contributed by atoms with Crippen molar-refractivity contribution in [2.75, 3.05) is 11.9 Å². The van der Waals surface area contributed by atoms with Crippen LogP contribution in [-0.2, 0) is 0 Å². The van der Waals surface area contributed by atoms with E-state index in [2.05, 4.69) is 93.4 Å². The Kier molecular flexibility index (Phi) is 4.70. The van der Waals surface area contributed by atoms with Gasteiger partial charge in [0.1, 0.15) is 11.7 Å². The Morgan fingerprint density at radius 1 is 1.00 bits per heavy atom. The number of allylic oxidation sites excluding steroid dienone is 1. The highest BCUT2D eigenvalue weighted by molar-refractivity contribution is 6.09. The molecule has 2 aromatic carbocycles. The Labute approximate surface area is 167 Å². The van der Waals surface area contributed by atoms with Crippen LogP contribution in [0.1, 0.15) is 40.5 Å². The zero-order valence-electron chi connectivity index (χ0n) is 17.6. The van der Waals surface area contributed by atoms with Gasteiger partial charge in [0.15, 0.2) is 5.58 Å². The maximum atomic E-state index is 6.33. The van der Waals surface area contributed by atoms with E-state index in [0.29, 0.717) is 0 Å². The van der Waals surface area contributed by atoms with Crippen LogP contribution in [0, 0.1) is 5.41 Å². The van der Waals surface area contributed by atoms with E-state index in [1.807, 2.05) is 12.1 Å². The van der Waals surface area contributed by atoms with E-state index in [1.165, 1.54) is 16.3 Å². The Hall–Kier alpha value is -2.68. The normalized spacial score (nSPS) is 17.1. The molecule has 3 nitrogen and oxygen atoms in total. The van der Waals surface area contributed by atoms with Crippen LogP contribution in [0.3, 0.4) is 0 Å². The number of furan rings is 1. The van der Waals surface area contributed by atoms with Crippen LogP contribution >= 0.6 is 0 Å². The fourth-order valence-electron chi connectivity index (χ4n) is 4.84. The lowest BCUT2D eigenvalue weighted by Gasteiger charge is -2.44. The number of para-hydroxylation sites is 2. The van der Waals surface area contributed by atoms with Gasteiger partial charge in [0.05, 0.1) is 5.69 Å². The van der Waals surface area contributed by atoms with Gasteiger partial charge in [-0.15, -0.1) is 0 Å². The molecule has 3 heteroatoms. The molecular formula is C25H30N2O. The van der Waals surface area contributed by atoms with Gasteiger partial charge in [-0.05, 0) is 38.8 Å². The quantitative estimate of drug-likeness (QED) is 0.452. The largest absolute Gasteiger partial charge is 0.454 e. The molecular weight excluding hydrogens is 344 g/mol. The zero-order chi connectivity index (χ0) is 19.9. The molecule has 1 unspecified atom stereocenters. The molecule has 28 heavy (non-hydrogen) atoms. The van der Waals surface area contributed by atoms with Crippen LogP contribution in [0.5, 0.6) is 0 Å². The molecule has 1 aliphatic heterocycles.